The minimum absolute atomic E-state index is 0.542. The van der Waals surface area contributed by atoms with Crippen LogP contribution < -0.4 is 4.74 Å². The zero-order chi connectivity index (χ0) is 13.8. The van der Waals surface area contributed by atoms with E-state index in [9.17, 15) is 0 Å². The van der Waals surface area contributed by atoms with Gasteiger partial charge < -0.3 is 4.74 Å². The Bertz CT molecular complexity index is 625. The van der Waals surface area contributed by atoms with Crippen molar-refractivity contribution < 1.29 is 4.74 Å². The van der Waals surface area contributed by atoms with Crippen molar-refractivity contribution in [1.29, 1.82) is 0 Å². The van der Waals surface area contributed by atoms with E-state index in [-0.39, 0.29) is 0 Å². The van der Waals surface area contributed by atoms with Gasteiger partial charge in [0.25, 0.3) is 0 Å². The highest BCUT2D eigenvalue weighted by Gasteiger charge is 2.10. The number of hydrogen-bond donors (Lipinski definition) is 0. The first kappa shape index (κ1) is 13.5. The molecule has 2 aromatic carbocycles. The largest absolute Gasteiger partial charge is 0.489 e. The van der Waals surface area contributed by atoms with E-state index in [0.717, 1.165) is 39.2 Å². The molecule has 20 heavy (non-hydrogen) atoms. The lowest BCUT2D eigenvalue weighted by Crippen LogP contribution is -1.97. The molecule has 0 fully saturated rings. The van der Waals surface area contributed by atoms with Crippen LogP contribution in [0, 0.1) is 0 Å². The maximum Gasteiger partial charge on any atom is 0.120 e. The van der Waals surface area contributed by atoms with Gasteiger partial charge in [-0.1, -0.05) is 35.9 Å². The fraction of sp³-hybridized carbons (Fsp3) is 0.188. The molecule has 0 saturated carbocycles. The van der Waals surface area contributed by atoms with E-state index < -0.39 is 0 Å². The second-order valence-corrected chi connectivity index (χ2v) is 6.00. The third-order valence-corrected chi connectivity index (χ3v) is 4.26. The molecule has 0 bridgehead atoms. The van der Waals surface area contributed by atoms with Gasteiger partial charge in [-0.05, 0) is 29.8 Å². The molecule has 0 N–H and O–H groups in total. The van der Waals surface area contributed by atoms with E-state index in [1.807, 2.05) is 42.5 Å². The Morgan fingerprint density at radius 3 is 2.75 bits per heavy atom. The third kappa shape index (κ3) is 3.35. The molecule has 2 nitrogen and oxygen atoms in total. The summed E-state index contributed by atoms with van der Waals surface area (Å²) in [6.07, 6.45) is 0. The second-order valence-electron chi connectivity index (χ2n) is 4.48. The van der Waals surface area contributed by atoms with Crippen LogP contribution in [0.2, 0.25) is 5.02 Å². The lowest BCUT2D eigenvalue weighted by molar-refractivity contribution is 0.306. The van der Waals surface area contributed by atoms with Crippen LogP contribution in [0.3, 0.4) is 0 Å². The normalized spacial score (nSPS) is 14.2. The van der Waals surface area contributed by atoms with Crippen molar-refractivity contribution in [1.82, 2.24) is 0 Å². The molecule has 3 rings (SSSR count). The minimum atomic E-state index is 0.542. The monoisotopic (exact) mass is 303 g/mol. The van der Waals surface area contributed by atoms with E-state index in [4.69, 9.17) is 16.3 Å². The summed E-state index contributed by atoms with van der Waals surface area (Å²) in [6, 6.07) is 15.8. The first-order valence-corrected chi connectivity index (χ1v) is 7.82. The zero-order valence-electron chi connectivity index (χ0n) is 10.9. The van der Waals surface area contributed by atoms with E-state index in [0.29, 0.717) is 6.61 Å². The van der Waals surface area contributed by atoms with Gasteiger partial charge in [0.05, 0.1) is 5.04 Å². The van der Waals surface area contributed by atoms with Gasteiger partial charge in [-0.3, -0.25) is 4.99 Å². The van der Waals surface area contributed by atoms with Crippen molar-refractivity contribution in [2.45, 2.75) is 6.61 Å². The van der Waals surface area contributed by atoms with Crippen molar-refractivity contribution in [3.8, 4) is 5.75 Å². The van der Waals surface area contributed by atoms with E-state index in [2.05, 4.69) is 11.1 Å². The number of rotatable bonds is 4. The fourth-order valence-corrected chi connectivity index (χ4v) is 2.95. The number of aliphatic imine (C=N–C) groups is 1. The van der Waals surface area contributed by atoms with Crippen LogP contribution in [0.25, 0.3) is 0 Å². The molecule has 1 heterocycles. The Labute approximate surface area is 127 Å². The van der Waals surface area contributed by atoms with Gasteiger partial charge in [-0.15, -0.1) is 11.8 Å². The number of nitrogens with zero attached hydrogens (tertiary/aromatic N) is 1. The first-order chi connectivity index (χ1) is 9.81. The topological polar surface area (TPSA) is 21.6 Å². The predicted molar refractivity (Wildman–Crippen MR) is 86.1 cm³/mol. The SMILES string of the molecule is Clc1ccc(COc2cccc(C3=NCCS3)c2)cc1. The average molecular weight is 304 g/mol. The van der Waals surface area contributed by atoms with E-state index in [1.165, 1.54) is 0 Å². The second kappa shape index (κ2) is 6.33. The molecule has 0 aliphatic carbocycles. The molecule has 1 aliphatic heterocycles. The average Bonchev–Trinajstić information content (AvgIpc) is 3.01. The van der Waals surface area contributed by atoms with Crippen LogP contribution in [0.4, 0.5) is 0 Å². The summed E-state index contributed by atoms with van der Waals surface area (Å²) in [5.74, 6) is 1.94. The number of thioether (sulfide) groups is 1. The first-order valence-electron chi connectivity index (χ1n) is 6.46. The molecule has 1 aliphatic rings. The predicted octanol–water partition coefficient (Wildman–Crippen LogP) is 4.41. The Morgan fingerprint density at radius 2 is 2.00 bits per heavy atom. The summed E-state index contributed by atoms with van der Waals surface area (Å²) in [7, 11) is 0. The molecular formula is C16H14ClNOS. The van der Waals surface area contributed by atoms with Crippen LogP contribution in [-0.4, -0.2) is 17.3 Å². The highest BCUT2D eigenvalue weighted by atomic mass is 35.5. The maximum absolute atomic E-state index is 5.87. The highest BCUT2D eigenvalue weighted by molar-refractivity contribution is 8.14. The molecule has 0 unspecified atom stereocenters. The van der Waals surface area contributed by atoms with Crippen LogP contribution in [0.1, 0.15) is 11.1 Å². The van der Waals surface area contributed by atoms with Gasteiger partial charge >= 0.3 is 0 Å². The molecule has 0 spiro atoms. The molecule has 0 radical (unpaired) electrons. The van der Waals surface area contributed by atoms with Crippen molar-refractivity contribution in [3.63, 3.8) is 0 Å². The van der Waals surface area contributed by atoms with Crippen LogP contribution in [-0.2, 0) is 6.61 Å². The third-order valence-electron chi connectivity index (χ3n) is 2.99. The molecule has 2 aromatic rings. The van der Waals surface area contributed by atoms with Gasteiger partial charge in [0.15, 0.2) is 0 Å². The van der Waals surface area contributed by atoms with Crippen molar-refractivity contribution in [3.05, 3.63) is 64.7 Å². The quantitative estimate of drug-likeness (QED) is 0.834. The highest BCUT2D eigenvalue weighted by Crippen LogP contribution is 2.23. The molecule has 0 atom stereocenters. The van der Waals surface area contributed by atoms with Gasteiger partial charge in [-0.2, -0.15) is 0 Å². The summed E-state index contributed by atoms with van der Waals surface area (Å²) >= 11 is 7.67. The molecular weight excluding hydrogens is 290 g/mol. The Hall–Kier alpha value is -1.45. The van der Waals surface area contributed by atoms with Gasteiger partial charge in [-0.25, -0.2) is 0 Å². The summed E-state index contributed by atoms with van der Waals surface area (Å²) in [6.45, 7) is 1.45. The zero-order valence-corrected chi connectivity index (χ0v) is 12.5. The summed E-state index contributed by atoms with van der Waals surface area (Å²) < 4.78 is 5.82. The molecule has 102 valence electrons. The van der Waals surface area contributed by atoms with Crippen LogP contribution in [0.5, 0.6) is 5.75 Å². The van der Waals surface area contributed by atoms with E-state index in [1.54, 1.807) is 11.8 Å². The Balaban J connectivity index is 1.68. The summed E-state index contributed by atoms with van der Waals surface area (Å²) in [5, 5.41) is 1.86. The van der Waals surface area contributed by atoms with Crippen LogP contribution in [0.15, 0.2) is 53.5 Å². The smallest absolute Gasteiger partial charge is 0.120 e. The van der Waals surface area contributed by atoms with Gasteiger partial charge in [0, 0.05) is 22.9 Å². The molecule has 0 amide bonds. The van der Waals surface area contributed by atoms with E-state index >= 15 is 0 Å². The molecule has 0 saturated heterocycles. The van der Waals surface area contributed by atoms with Crippen LogP contribution >= 0.6 is 23.4 Å². The summed E-state index contributed by atoms with van der Waals surface area (Å²) in [5.41, 5.74) is 2.24. The fourth-order valence-electron chi connectivity index (χ4n) is 1.98. The number of ether oxygens (including phenoxy) is 1. The van der Waals surface area contributed by atoms with Gasteiger partial charge in [0.1, 0.15) is 12.4 Å². The van der Waals surface area contributed by atoms with Crippen molar-refractivity contribution in [2.75, 3.05) is 12.3 Å². The summed E-state index contributed by atoms with van der Waals surface area (Å²) in [4.78, 5) is 4.48. The van der Waals surface area contributed by atoms with Gasteiger partial charge in [0.2, 0.25) is 0 Å². The molecule has 4 heteroatoms. The standard InChI is InChI=1S/C16H14ClNOS/c17-14-6-4-12(5-7-14)11-19-15-3-1-2-13(10-15)16-18-8-9-20-16/h1-7,10H,8-9,11H2. The Kier molecular flexibility index (Phi) is 4.28. The Morgan fingerprint density at radius 1 is 1.15 bits per heavy atom. The molecule has 0 aromatic heterocycles. The number of hydrogen-bond acceptors (Lipinski definition) is 3. The van der Waals surface area contributed by atoms with Crippen molar-refractivity contribution in [2.24, 2.45) is 4.99 Å². The minimum Gasteiger partial charge on any atom is -0.489 e. The lowest BCUT2D eigenvalue weighted by Gasteiger charge is -2.08. The van der Waals surface area contributed by atoms with Crippen molar-refractivity contribution >= 4 is 28.4 Å². The lowest BCUT2D eigenvalue weighted by atomic mass is 10.2. The number of benzene rings is 2. The maximum atomic E-state index is 5.87. The number of halogens is 1.